The number of hydrogen-bond acceptors (Lipinski definition) is 6. The minimum absolute atomic E-state index is 0.0183. The lowest BCUT2D eigenvalue weighted by Gasteiger charge is -2.23. The number of nitrogens with zero attached hydrogens (tertiary/aromatic N) is 1. The van der Waals surface area contributed by atoms with E-state index in [0.717, 1.165) is 71.0 Å². The quantitative estimate of drug-likeness (QED) is 0.0492. The summed E-state index contributed by atoms with van der Waals surface area (Å²) in [6, 6.07) is 0. The molecule has 0 aromatic rings. The first kappa shape index (κ1) is 50.9. The monoisotopic (exact) mass is 764 g/mol. The third kappa shape index (κ3) is 32.0. The number of unbranched alkanes of at least 4 members (excludes halogenated alkanes) is 22. The van der Waals surface area contributed by atoms with Gasteiger partial charge in [0.25, 0.3) is 0 Å². The van der Waals surface area contributed by atoms with Gasteiger partial charge < -0.3 is 19.5 Å². The maximum absolute atomic E-state index is 13.1. The number of ether oxygens (including phenoxy) is 2. The smallest absolute Gasteiger partial charge is 0.306 e. The van der Waals surface area contributed by atoms with Crippen LogP contribution < -0.4 is 0 Å². The van der Waals surface area contributed by atoms with Crippen LogP contribution in [-0.2, 0) is 19.1 Å². The zero-order valence-corrected chi connectivity index (χ0v) is 36.6. The Kier molecular flexibility index (Phi) is 35.3. The second-order valence-electron chi connectivity index (χ2n) is 17.3. The zero-order valence-electron chi connectivity index (χ0n) is 36.6. The molecule has 0 heterocycles. The highest BCUT2D eigenvalue weighted by Gasteiger charge is 2.41. The fraction of sp³-hybridized carbons (Fsp3) is 0.958. The average Bonchev–Trinajstić information content (AvgIpc) is 3.95. The summed E-state index contributed by atoms with van der Waals surface area (Å²) in [7, 11) is 0. The molecule has 1 N–H and O–H groups in total. The summed E-state index contributed by atoms with van der Waals surface area (Å²) >= 11 is 0. The number of hydrogen-bond donors (Lipinski definition) is 1. The fourth-order valence-electron chi connectivity index (χ4n) is 8.05. The fourth-order valence-corrected chi connectivity index (χ4v) is 8.05. The minimum atomic E-state index is -0.0183. The molecule has 320 valence electrons. The summed E-state index contributed by atoms with van der Waals surface area (Å²) in [5.41, 5.74) is 0.384. The van der Waals surface area contributed by atoms with Gasteiger partial charge in [-0.25, -0.2) is 0 Å². The molecule has 1 fully saturated rings. The van der Waals surface area contributed by atoms with Crippen LogP contribution in [0.15, 0.2) is 0 Å². The molecule has 0 spiro atoms. The molecule has 0 aromatic heterocycles. The molecule has 1 aliphatic rings. The van der Waals surface area contributed by atoms with Gasteiger partial charge in [-0.05, 0) is 115 Å². The van der Waals surface area contributed by atoms with E-state index >= 15 is 0 Å². The molecule has 0 aliphatic heterocycles. The van der Waals surface area contributed by atoms with Gasteiger partial charge in [-0.1, -0.05) is 149 Å². The van der Waals surface area contributed by atoms with Crippen molar-refractivity contribution in [3.05, 3.63) is 0 Å². The molecule has 1 aliphatic carbocycles. The van der Waals surface area contributed by atoms with Crippen LogP contribution in [0.5, 0.6) is 0 Å². The van der Waals surface area contributed by atoms with E-state index in [2.05, 4.69) is 25.7 Å². The Morgan fingerprint density at radius 3 is 1.52 bits per heavy atom. The molecule has 6 heteroatoms. The van der Waals surface area contributed by atoms with Gasteiger partial charge in [0.15, 0.2) is 0 Å². The Morgan fingerprint density at radius 1 is 0.519 bits per heavy atom. The largest absolute Gasteiger partial charge is 0.466 e. The van der Waals surface area contributed by atoms with Crippen LogP contribution in [0.4, 0.5) is 0 Å². The lowest BCUT2D eigenvalue weighted by molar-refractivity contribution is -0.150. The number of rotatable bonds is 43. The van der Waals surface area contributed by atoms with Gasteiger partial charge in [0.05, 0.1) is 6.61 Å². The number of aliphatic hydroxyl groups excluding tert-OH is 1. The summed E-state index contributed by atoms with van der Waals surface area (Å²) in [6.07, 6.45) is 42.3. The second kappa shape index (κ2) is 37.4. The maximum atomic E-state index is 13.1. The molecular formula is C48H93NO5. The van der Waals surface area contributed by atoms with Crippen LogP contribution in [0.1, 0.15) is 252 Å². The third-order valence-corrected chi connectivity index (χ3v) is 12.1. The highest BCUT2D eigenvalue weighted by atomic mass is 16.5. The average molecular weight is 764 g/mol. The van der Waals surface area contributed by atoms with Crippen molar-refractivity contribution in [2.45, 2.75) is 258 Å². The van der Waals surface area contributed by atoms with Crippen LogP contribution >= 0.6 is 0 Å². The van der Waals surface area contributed by atoms with Gasteiger partial charge in [0.1, 0.15) is 6.10 Å². The SMILES string of the molecule is CCCCCCCCCOC(=O)CCCCCCCN(CCCCO)CCCCC1(CCC(=O)OC(CCCCCCCC)CCCCCCCC)CC1. The molecular weight excluding hydrogens is 671 g/mol. The molecule has 0 amide bonds. The first-order valence-corrected chi connectivity index (χ1v) is 24.2. The van der Waals surface area contributed by atoms with Crippen LogP contribution in [0, 0.1) is 5.41 Å². The van der Waals surface area contributed by atoms with Crippen molar-refractivity contribution in [3.8, 4) is 0 Å². The molecule has 1 rings (SSSR count). The van der Waals surface area contributed by atoms with Crippen LogP contribution in [0.25, 0.3) is 0 Å². The van der Waals surface area contributed by atoms with Crippen molar-refractivity contribution in [1.82, 2.24) is 4.90 Å². The normalized spacial score (nSPS) is 13.6. The molecule has 0 saturated heterocycles. The number of esters is 2. The molecule has 54 heavy (non-hydrogen) atoms. The molecule has 0 bridgehead atoms. The topological polar surface area (TPSA) is 76.1 Å². The molecule has 0 aromatic carbocycles. The first-order valence-electron chi connectivity index (χ1n) is 24.2. The summed E-state index contributed by atoms with van der Waals surface area (Å²) in [5, 5.41) is 9.34. The van der Waals surface area contributed by atoms with Crippen molar-refractivity contribution < 1.29 is 24.2 Å². The van der Waals surface area contributed by atoms with Gasteiger partial charge >= 0.3 is 11.9 Å². The number of carbonyl (C=O) groups excluding carboxylic acids is 2. The van der Waals surface area contributed by atoms with E-state index < -0.39 is 0 Å². The molecule has 0 atom stereocenters. The second-order valence-corrected chi connectivity index (χ2v) is 17.3. The van der Waals surface area contributed by atoms with Crippen LogP contribution in [0.2, 0.25) is 0 Å². The summed E-state index contributed by atoms with van der Waals surface area (Å²) < 4.78 is 11.6. The highest BCUT2D eigenvalue weighted by molar-refractivity contribution is 5.69. The van der Waals surface area contributed by atoms with Crippen LogP contribution in [-0.4, -0.2) is 60.9 Å². The molecule has 0 radical (unpaired) electrons. The Morgan fingerprint density at radius 2 is 0.981 bits per heavy atom. The number of carbonyl (C=O) groups is 2. The Balaban J connectivity index is 2.26. The maximum Gasteiger partial charge on any atom is 0.306 e. The van der Waals surface area contributed by atoms with E-state index in [1.54, 1.807) is 0 Å². The summed E-state index contributed by atoms with van der Waals surface area (Å²) in [4.78, 5) is 27.7. The van der Waals surface area contributed by atoms with E-state index in [-0.39, 0.29) is 24.6 Å². The Labute approximate surface area is 336 Å². The summed E-state index contributed by atoms with van der Waals surface area (Å²) in [5.74, 6) is 0.0345. The van der Waals surface area contributed by atoms with Crippen molar-refractivity contribution >= 4 is 11.9 Å². The molecule has 0 unspecified atom stereocenters. The van der Waals surface area contributed by atoms with Crippen molar-refractivity contribution in [2.24, 2.45) is 5.41 Å². The lowest BCUT2D eigenvalue weighted by atomic mass is 9.93. The van der Waals surface area contributed by atoms with Gasteiger partial charge in [-0.15, -0.1) is 0 Å². The van der Waals surface area contributed by atoms with E-state index in [4.69, 9.17) is 9.47 Å². The van der Waals surface area contributed by atoms with Crippen LogP contribution in [0.3, 0.4) is 0 Å². The minimum Gasteiger partial charge on any atom is -0.466 e. The van der Waals surface area contributed by atoms with Gasteiger partial charge in [0.2, 0.25) is 0 Å². The highest BCUT2D eigenvalue weighted by Crippen LogP contribution is 2.53. The van der Waals surface area contributed by atoms with Crippen molar-refractivity contribution in [1.29, 1.82) is 0 Å². The Hall–Kier alpha value is -1.14. The van der Waals surface area contributed by atoms with E-state index in [9.17, 15) is 14.7 Å². The van der Waals surface area contributed by atoms with Gasteiger partial charge in [-0.2, -0.15) is 0 Å². The molecule has 1 saturated carbocycles. The van der Waals surface area contributed by atoms with E-state index in [0.29, 0.717) is 24.9 Å². The van der Waals surface area contributed by atoms with Gasteiger partial charge in [0, 0.05) is 19.4 Å². The van der Waals surface area contributed by atoms with Gasteiger partial charge in [-0.3, -0.25) is 9.59 Å². The van der Waals surface area contributed by atoms with E-state index in [1.165, 1.54) is 167 Å². The first-order chi connectivity index (χ1) is 26.5. The summed E-state index contributed by atoms with van der Waals surface area (Å²) in [6.45, 7) is 11.0. The van der Waals surface area contributed by atoms with E-state index in [1.807, 2.05) is 0 Å². The molecule has 6 nitrogen and oxygen atoms in total. The predicted molar refractivity (Wildman–Crippen MR) is 230 cm³/mol. The van der Waals surface area contributed by atoms with Crippen molar-refractivity contribution in [2.75, 3.05) is 32.8 Å². The van der Waals surface area contributed by atoms with Crippen molar-refractivity contribution in [3.63, 3.8) is 0 Å². The Bertz CT molecular complexity index is 814. The number of aliphatic hydroxyl groups is 1. The lowest BCUT2D eigenvalue weighted by Crippen LogP contribution is -2.27. The predicted octanol–water partition coefficient (Wildman–Crippen LogP) is 13.8. The zero-order chi connectivity index (χ0) is 39.2. The standard InChI is InChI=1S/C48H93NO5/c1-4-7-10-13-16-22-31-44-53-46(51)34-25-20-17-21-27-40-49(42-29-30-43-50)41-28-26-36-48(38-39-48)37-35-47(52)54-45(32-23-18-14-11-8-5-2)33-24-19-15-12-9-6-3/h45,50H,4-44H2,1-3H3. The third-order valence-electron chi connectivity index (χ3n) is 12.1.